The smallest absolute Gasteiger partial charge is 0.262 e. The van der Waals surface area contributed by atoms with Crippen molar-refractivity contribution in [2.75, 3.05) is 0 Å². The zero-order valence-corrected chi connectivity index (χ0v) is 9.02. The second kappa shape index (κ2) is 3.46. The molecular weight excluding hydrogens is 204 g/mol. The average molecular weight is 214 g/mol. The average Bonchev–Trinajstić information content (AvgIpc) is 2.51. The van der Waals surface area contributed by atoms with Crippen molar-refractivity contribution in [1.29, 1.82) is 5.26 Å². The summed E-state index contributed by atoms with van der Waals surface area (Å²) in [4.78, 5) is 24.8. The van der Waals surface area contributed by atoms with E-state index >= 15 is 0 Å². The van der Waals surface area contributed by atoms with E-state index < -0.39 is 6.04 Å². The van der Waals surface area contributed by atoms with E-state index in [1.807, 2.05) is 13.0 Å². The lowest BCUT2D eigenvalue weighted by atomic mass is 10.1. The van der Waals surface area contributed by atoms with Gasteiger partial charge in [0.2, 0.25) is 0 Å². The lowest BCUT2D eigenvalue weighted by molar-refractivity contribution is 0.0629. The minimum atomic E-state index is -0.729. The third-order valence-electron chi connectivity index (χ3n) is 2.65. The summed E-state index contributed by atoms with van der Waals surface area (Å²) >= 11 is 0. The van der Waals surface area contributed by atoms with Crippen LogP contribution in [-0.4, -0.2) is 22.8 Å². The molecule has 0 aliphatic carbocycles. The fourth-order valence-corrected chi connectivity index (χ4v) is 1.78. The number of imide groups is 1. The van der Waals surface area contributed by atoms with Gasteiger partial charge in [0, 0.05) is 0 Å². The van der Waals surface area contributed by atoms with E-state index in [1.54, 1.807) is 18.2 Å². The van der Waals surface area contributed by atoms with Crippen molar-refractivity contribution in [2.45, 2.75) is 19.9 Å². The molecule has 1 heterocycles. The van der Waals surface area contributed by atoms with E-state index in [-0.39, 0.29) is 11.8 Å². The summed E-state index contributed by atoms with van der Waals surface area (Å²) in [7, 11) is 0. The number of benzene rings is 1. The second-order valence-electron chi connectivity index (χ2n) is 3.83. The number of carbonyl (C=O) groups excluding carboxylic acids is 2. The zero-order chi connectivity index (χ0) is 11.9. The number of nitrogens with zero attached hydrogens (tertiary/aromatic N) is 2. The monoisotopic (exact) mass is 214 g/mol. The molecule has 2 amide bonds. The van der Waals surface area contributed by atoms with Crippen LogP contribution in [0.1, 0.15) is 33.2 Å². The number of nitriles is 1. The second-order valence-corrected chi connectivity index (χ2v) is 3.83. The van der Waals surface area contributed by atoms with Gasteiger partial charge < -0.3 is 0 Å². The summed E-state index contributed by atoms with van der Waals surface area (Å²) in [5, 5.41) is 8.77. The predicted octanol–water partition coefficient (Wildman–Crippen LogP) is 1.50. The van der Waals surface area contributed by atoms with Crippen LogP contribution in [0.3, 0.4) is 0 Å². The molecule has 1 atom stereocenters. The Morgan fingerprint density at radius 3 is 2.50 bits per heavy atom. The van der Waals surface area contributed by atoms with E-state index in [1.165, 1.54) is 6.92 Å². The molecule has 1 aliphatic rings. The molecule has 1 aromatic rings. The van der Waals surface area contributed by atoms with Crippen LogP contribution in [0.4, 0.5) is 0 Å². The Hall–Kier alpha value is -2.15. The third kappa shape index (κ3) is 1.29. The van der Waals surface area contributed by atoms with E-state index in [0.29, 0.717) is 11.1 Å². The summed E-state index contributed by atoms with van der Waals surface area (Å²) in [6.07, 6.45) is 0. The number of rotatable bonds is 1. The molecule has 1 unspecified atom stereocenters. The van der Waals surface area contributed by atoms with Crippen molar-refractivity contribution in [3.05, 3.63) is 34.9 Å². The molecule has 0 aromatic heterocycles. The van der Waals surface area contributed by atoms with Crippen LogP contribution in [0.2, 0.25) is 0 Å². The van der Waals surface area contributed by atoms with Gasteiger partial charge in [0.15, 0.2) is 0 Å². The number of carbonyl (C=O) groups is 2. The van der Waals surface area contributed by atoms with Crippen molar-refractivity contribution in [3.8, 4) is 6.07 Å². The van der Waals surface area contributed by atoms with Gasteiger partial charge in [-0.25, -0.2) is 0 Å². The Balaban J connectivity index is 2.53. The summed E-state index contributed by atoms with van der Waals surface area (Å²) in [6.45, 7) is 3.39. The SMILES string of the molecule is Cc1ccc2c(c1)C(=O)N(C(C)C#N)C2=O. The van der Waals surface area contributed by atoms with Gasteiger partial charge in [-0.05, 0) is 26.0 Å². The van der Waals surface area contributed by atoms with Crippen molar-refractivity contribution in [1.82, 2.24) is 4.90 Å². The van der Waals surface area contributed by atoms with Crippen molar-refractivity contribution in [3.63, 3.8) is 0 Å². The largest absolute Gasteiger partial charge is 0.269 e. The molecule has 0 saturated heterocycles. The lowest BCUT2D eigenvalue weighted by Gasteiger charge is -2.15. The van der Waals surface area contributed by atoms with Gasteiger partial charge >= 0.3 is 0 Å². The minimum Gasteiger partial charge on any atom is -0.269 e. The molecule has 0 radical (unpaired) electrons. The molecule has 0 spiro atoms. The van der Waals surface area contributed by atoms with Crippen LogP contribution in [0.15, 0.2) is 18.2 Å². The maximum absolute atomic E-state index is 11.9. The number of hydrogen-bond donors (Lipinski definition) is 0. The highest BCUT2D eigenvalue weighted by Gasteiger charge is 2.38. The number of amides is 2. The van der Waals surface area contributed by atoms with Crippen LogP contribution in [0.5, 0.6) is 0 Å². The van der Waals surface area contributed by atoms with Gasteiger partial charge in [-0.15, -0.1) is 0 Å². The molecule has 0 fully saturated rings. The molecule has 1 aromatic carbocycles. The maximum atomic E-state index is 11.9. The van der Waals surface area contributed by atoms with E-state index in [2.05, 4.69) is 0 Å². The van der Waals surface area contributed by atoms with Crippen molar-refractivity contribution in [2.24, 2.45) is 0 Å². The van der Waals surface area contributed by atoms with Gasteiger partial charge in [-0.2, -0.15) is 5.26 Å². The molecule has 4 heteroatoms. The molecular formula is C12H10N2O2. The molecule has 80 valence electrons. The Kier molecular flexibility index (Phi) is 2.24. The predicted molar refractivity (Wildman–Crippen MR) is 56.8 cm³/mol. The van der Waals surface area contributed by atoms with Crippen LogP contribution in [0, 0.1) is 18.3 Å². The van der Waals surface area contributed by atoms with Crippen molar-refractivity contribution < 1.29 is 9.59 Å². The first-order chi connectivity index (χ1) is 7.56. The molecule has 4 nitrogen and oxygen atoms in total. The number of hydrogen-bond acceptors (Lipinski definition) is 3. The Morgan fingerprint density at radius 1 is 1.25 bits per heavy atom. The van der Waals surface area contributed by atoms with Crippen molar-refractivity contribution >= 4 is 11.8 Å². The topological polar surface area (TPSA) is 61.2 Å². The fourth-order valence-electron chi connectivity index (χ4n) is 1.78. The quantitative estimate of drug-likeness (QED) is 0.665. The molecule has 0 N–H and O–H groups in total. The zero-order valence-electron chi connectivity index (χ0n) is 9.02. The molecule has 1 aliphatic heterocycles. The van der Waals surface area contributed by atoms with Gasteiger partial charge in [-0.3, -0.25) is 14.5 Å². The highest BCUT2D eigenvalue weighted by atomic mass is 16.2. The third-order valence-corrected chi connectivity index (χ3v) is 2.65. The normalized spacial score (nSPS) is 15.9. The molecule has 2 rings (SSSR count). The van der Waals surface area contributed by atoms with Gasteiger partial charge in [0.1, 0.15) is 6.04 Å². The standard InChI is InChI=1S/C12H10N2O2/c1-7-3-4-9-10(5-7)12(16)14(11(9)15)8(2)6-13/h3-5,8H,1-2H3. The first-order valence-electron chi connectivity index (χ1n) is 4.94. The van der Waals surface area contributed by atoms with Crippen LogP contribution >= 0.6 is 0 Å². The Morgan fingerprint density at radius 2 is 1.88 bits per heavy atom. The lowest BCUT2D eigenvalue weighted by Crippen LogP contribution is -2.36. The van der Waals surface area contributed by atoms with Crippen LogP contribution in [-0.2, 0) is 0 Å². The Bertz CT molecular complexity index is 528. The van der Waals surface area contributed by atoms with Gasteiger partial charge in [0.25, 0.3) is 11.8 Å². The molecule has 16 heavy (non-hydrogen) atoms. The summed E-state index contributed by atoms with van der Waals surface area (Å²) < 4.78 is 0. The van der Waals surface area contributed by atoms with E-state index in [0.717, 1.165) is 10.5 Å². The van der Waals surface area contributed by atoms with Crippen LogP contribution in [0.25, 0.3) is 0 Å². The van der Waals surface area contributed by atoms with Gasteiger partial charge in [0.05, 0.1) is 17.2 Å². The van der Waals surface area contributed by atoms with E-state index in [4.69, 9.17) is 5.26 Å². The Labute approximate surface area is 93.1 Å². The summed E-state index contributed by atoms with van der Waals surface area (Å²) in [6, 6.07) is 6.27. The highest BCUT2D eigenvalue weighted by Crippen LogP contribution is 2.25. The minimum absolute atomic E-state index is 0.377. The highest BCUT2D eigenvalue weighted by molar-refractivity contribution is 6.21. The first-order valence-corrected chi connectivity index (χ1v) is 4.94. The summed E-state index contributed by atoms with van der Waals surface area (Å²) in [5.74, 6) is -0.758. The fraction of sp³-hybridized carbons (Fsp3) is 0.250. The molecule has 0 saturated carbocycles. The molecule has 0 bridgehead atoms. The number of fused-ring (bicyclic) bond motifs is 1. The van der Waals surface area contributed by atoms with Crippen LogP contribution < -0.4 is 0 Å². The first kappa shape index (κ1) is 10.4. The summed E-state index contributed by atoms with van der Waals surface area (Å²) in [5.41, 5.74) is 1.70. The van der Waals surface area contributed by atoms with Gasteiger partial charge in [-0.1, -0.05) is 11.6 Å². The van der Waals surface area contributed by atoms with E-state index in [9.17, 15) is 9.59 Å². The maximum Gasteiger partial charge on any atom is 0.262 e. The number of aryl methyl sites for hydroxylation is 1.